The van der Waals surface area contributed by atoms with Gasteiger partial charge in [0, 0.05) is 29.7 Å². The minimum atomic E-state index is -0.133. The molecule has 0 atom stereocenters. The predicted molar refractivity (Wildman–Crippen MR) is 150 cm³/mol. The third-order valence-corrected chi connectivity index (χ3v) is 8.61. The molecule has 0 spiro atoms. The summed E-state index contributed by atoms with van der Waals surface area (Å²) in [6.07, 6.45) is 0.851. The number of carbonyl (C=O) groups is 1. The van der Waals surface area contributed by atoms with Gasteiger partial charge in [-0.05, 0) is 63.9 Å². The minimum Gasteiger partial charge on any atom is -0.325 e. The van der Waals surface area contributed by atoms with E-state index in [4.69, 9.17) is 4.98 Å². The van der Waals surface area contributed by atoms with Crippen molar-refractivity contribution in [2.24, 2.45) is 0 Å². The number of nitrogens with one attached hydrogen (secondary N) is 1. The molecule has 0 saturated carbocycles. The van der Waals surface area contributed by atoms with Crippen LogP contribution in [-0.2, 0) is 17.8 Å². The highest BCUT2D eigenvalue weighted by Crippen LogP contribution is 2.35. The van der Waals surface area contributed by atoms with Gasteiger partial charge in [-0.15, -0.1) is 11.3 Å². The van der Waals surface area contributed by atoms with E-state index in [-0.39, 0.29) is 17.2 Å². The molecule has 8 heteroatoms. The second-order valence-corrected chi connectivity index (χ2v) is 11.6. The van der Waals surface area contributed by atoms with Crippen LogP contribution in [0.3, 0.4) is 0 Å². The molecule has 36 heavy (non-hydrogen) atoms. The van der Waals surface area contributed by atoms with Crippen LogP contribution in [0.25, 0.3) is 15.9 Å². The van der Waals surface area contributed by atoms with Gasteiger partial charge < -0.3 is 5.32 Å². The molecule has 1 aliphatic rings. The van der Waals surface area contributed by atoms with E-state index >= 15 is 0 Å². The molecule has 2 aromatic heterocycles. The number of thiophene rings is 1. The van der Waals surface area contributed by atoms with Gasteiger partial charge in [-0.2, -0.15) is 0 Å². The number of hydrogen-bond donors (Lipinski definition) is 1. The van der Waals surface area contributed by atoms with E-state index in [9.17, 15) is 9.59 Å². The molecular formula is C28H30N4O2S2. The zero-order chi connectivity index (χ0) is 25.4. The summed E-state index contributed by atoms with van der Waals surface area (Å²) in [5.41, 5.74) is 4.86. The minimum absolute atomic E-state index is 0.0548. The first-order valence-corrected chi connectivity index (χ1v) is 14.0. The number of thioether (sulfide) groups is 1. The molecule has 3 heterocycles. The number of carbonyl (C=O) groups excluding carboxylic acids is 1. The number of nitrogens with zero attached hydrogens (tertiary/aromatic N) is 3. The summed E-state index contributed by atoms with van der Waals surface area (Å²) in [5, 5.41) is 4.20. The Bertz CT molecular complexity index is 1470. The van der Waals surface area contributed by atoms with Crippen molar-refractivity contribution in [2.45, 2.75) is 51.9 Å². The molecule has 0 radical (unpaired) electrons. The lowest BCUT2D eigenvalue weighted by Gasteiger charge is -2.30. The maximum absolute atomic E-state index is 14.0. The van der Waals surface area contributed by atoms with Crippen LogP contribution in [0.5, 0.6) is 0 Å². The van der Waals surface area contributed by atoms with Gasteiger partial charge in [0.25, 0.3) is 5.56 Å². The molecular weight excluding hydrogens is 488 g/mol. The van der Waals surface area contributed by atoms with Crippen LogP contribution in [0.15, 0.2) is 58.5 Å². The Balaban J connectivity index is 1.51. The van der Waals surface area contributed by atoms with Crippen LogP contribution in [-0.4, -0.2) is 38.7 Å². The van der Waals surface area contributed by atoms with Crippen molar-refractivity contribution in [3.05, 3.63) is 80.5 Å². The van der Waals surface area contributed by atoms with Crippen LogP contribution in [0.4, 0.5) is 5.69 Å². The van der Waals surface area contributed by atoms with Gasteiger partial charge in [-0.25, -0.2) is 4.98 Å². The average Bonchev–Trinajstić information content (AvgIpc) is 3.23. The van der Waals surface area contributed by atoms with E-state index in [1.54, 1.807) is 15.9 Å². The van der Waals surface area contributed by atoms with Crippen LogP contribution >= 0.6 is 23.1 Å². The van der Waals surface area contributed by atoms with E-state index in [1.807, 2.05) is 62.4 Å². The van der Waals surface area contributed by atoms with Crippen LogP contribution in [0, 0.1) is 13.8 Å². The van der Waals surface area contributed by atoms with E-state index < -0.39 is 0 Å². The first-order chi connectivity index (χ1) is 17.3. The Morgan fingerprint density at radius 1 is 1.08 bits per heavy atom. The molecule has 186 valence electrons. The molecule has 0 bridgehead atoms. The summed E-state index contributed by atoms with van der Waals surface area (Å²) in [6.45, 7) is 10.2. The standard InChI is InChI=1S/C28H30N4O2S2/c1-17(2)31-14-13-22-23(15-31)36-26-25(22)27(34)32(21-11-7-19(4)8-12-21)28(30-26)35-16-24(33)29-20-9-5-18(3)6-10-20/h5-12,17H,13-16H2,1-4H3,(H,29,33). The molecule has 1 amide bonds. The summed E-state index contributed by atoms with van der Waals surface area (Å²) < 4.78 is 1.67. The molecule has 1 N–H and O–H groups in total. The Hall–Kier alpha value is -2.94. The molecule has 0 unspecified atom stereocenters. The molecule has 0 fully saturated rings. The van der Waals surface area contributed by atoms with Crippen molar-refractivity contribution in [1.29, 1.82) is 0 Å². The van der Waals surface area contributed by atoms with Gasteiger partial charge in [-0.1, -0.05) is 47.2 Å². The van der Waals surface area contributed by atoms with Crippen molar-refractivity contribution >= 4 is 44.9 Å². The molecule has 6 nitrogen and oxygen atoms in total. The summed E-state index contributed by atoms with van der Waals surface area (Å²) in [5.74, 6) is 0.0240. The quantitative estimate of drug-likeness (QED) is 0.267. The highest BCUT2D eigenvalue weighted by molar-refractivity contribution is 7.99. The van der Waals surface area contributed by atoms with E-state index in [0.29, 0.717) is 11.2 Å². The second-order valence-electron chi connectivity index (χ2n) is 9.57. The van der Waals surface area contributed by atoms with Gasteiger partial charge in [0.1, 0.15) is 4.83 Å². The number of aromatic nitrogens is 2. The number of aryl methyl sites for hydroxylation is 2. The Morgan fingerprint density at radius 2 is 1.75 bits per heavy atom. The van der Waals surface area contributed by atoms with Crippen molar-refractivity contribution < 1.29 is 4.79 Å². The van der Waals surface area contributed by atoms with Crippen molar-refractivity contribution in [2.75, 3.05) is 17.6 Å². The molecule has 4 aromatic rings. The second kappa shape index (κ2) is 10.2. The van der Waals surface area contributed by atoms with Crippen LogP contribution in [0.1, 0.15) is 35.4 Å². The zero-order valence-electron chi connectivity index (χ0n) is 21.0. The first-order valence-electron chi connectivity index (χ1n) is 12.2. The summed E-state index contributed by atoms with van der Waals surface area (Å²) >= 11 is 2.91. The lowest BCUT2D eigenvalue weighted by molar-refractivity contribution is -0.113. The van der Waals surface area contributed by atoms with Crippen molar-refractivity contribution in [1.82, 2.24) is 14.5 Å². The molecule has 5 rings (SSSR count). The van der Waals surface area contributed by atoms with Gasteiger partial charge in [0.2, 0.25) is 5.91 Å². The maximum atomic E-state index is 14.0. The van der Waals surface area contributed by atoms with Gasteiger partial charge in [0.15, 0.2) is 5.16 Å². The summed E-state index contributed by atoms with van der Waals surface area (Å²) in [7, 11) is 0. The Kier molecular flexibility index (Phi) is 7.01. The third kappa shape index (κ3) is 4.98. The topological polar surface area (TPSA) is 67.2 Å². The smallest absolute Gasteiger partial charge is 0.267 e. The van der Waals surface area contributed by atoms with Gasteiger partial charge >= 0.3 is 0 Å². The maximum Gasteiger partial charge on any atom is 0.267 e. The lowest BCUT2D eigenvalue weighted by Crippen LogP contribution is -2.35. The predicted octanol–water partition coefficient (Wildman–Crippen LogP) is 5.56. The number of hydrogen-bond acceptors (Lipinski definition) is 6. The molecule has 0 aliphatic carbocycles. The van der Waals surface area contributed by atoms with E-state index in [0.717, 1.165) is 57.8 Å². The van der Waals surface area contributed by atoms with E-state index in [1.165, 1.54) is 16.6 Å². The fraction of sp³-hybridized carbons (Fsp3) is 0.321. The average molecular weight is 519 g/mol. The number of rotatable bonds is 6. The Morgan fingerprint density at radius 3 is 2.42 bits per heavy atom. The molecule has 2 aromatic carbocycles. The molecule has 0 saturated heterocycles. The van der Waals surface area contributed by atoms with Crippen LogP contribution < -0.4 is 10.9 Å². The number of amides is 1. The monoisotopic (exact) mass is 518 g/mol. The number of benzene rings is 2. The van der Waals surface area contributed by atoms with Crippen LogP contribution in [0.2, 0.25) is 0 Å². The summed E-state index contributed by atoms with van der Waals surface area (Å²) in [4.78, 5) is 36.0. The van der Waals surface area contributed by atoms with E-state index in [2.05, 4.69) is 24.1 Å². The first kappa shape index (κ1) is 24.7. The fourth-order valence-electron chi connectivity index (χ4n) is 4.47. The normalized spacial score (nSPS) is 13.8. The highest BCUT2D eigenvalue weighted by Gasteiger charge is 2.26. The van der Waals surface area contributed by atoms with Crippen molar-refractivity contribution in [3.63, 3.8) is 0 Å². The number of fused-ring (bicyclic) bond motifs is 3. The lowest BCUT2D eigenvalue weighted by atomic mass is 10.0. The third-order valence-electron chi connectivity index (χ3n) is 6.56. The van der Waals surface area contributed by atoms with Crippen molar-refractivity contribution in [3.8, 4) is 5.69 Å². The largest absolute Gasteiger partial charge is 0.325 e. The highest BCUT2D eigenvalue weighted by atomic mass is 32.2. The summed E-state index contributed by atoms with van der Waals surface area (Å²) in [6, 6.07) is 16.0. The zero-order valence-corrected chi connectivity index (χ0v) is 22.6. The SMILES string of the molecule is Cc1ccc(NC(=O)CSc2nc3sc4c(c3c(=O)n2-c2ccc(C)cc2)CCN(C(C)C)C4)cc1. The molecule has 1 aliphatic heterocycles. The number of anilines is 1. The fourth-order valence-corrected chi connectivity index (χ4v) is 6.57. The van der Waals surface area contributed by atoms with Gasteiger partial charge in [0.05, 0.1) is 16.8 Å². The Labute approximate surface area is 219 Å². The van der Waals surface area contributed by atoms with Gasteiger partial charge in [-0.3, -0.25) is 19.1 Å².